The van der Waals surface area contributed by atoms with Gasteiger partial charge in [0.2, 0.25) is 0 Å². The van der Waals surface area contributed by atoms with Gasteiger partial charge in [0.25, 0.3) is 0 Å². The van der Waals surface area contributed by atoms with E-state index in [2.05, 4.69) is 10.1 Å². The molecule has 0 unspecified atom stereocenters. The molecule has 0 amide bonds. The first-order valence-electron chi connectivity index (χ1n) is 4.83. The second-order valence-electron chi connectivity index (χ2n) is 3.39. The highest BCUT2D eigenvalue weighted by molar-refractivity contribution is 5.80. The fraction of sp³-hybridized carbons (Fsp3) is 0.667. The van der Waals surface area contributed by atoms with Crippen LogP contribution in [0.5, 0.6) is 0 Å². The minimum Gasteiger partial charge on any atom is -0.350 e. The molecule has 0 saturated carbocycles. The summed E-state index contributed by atoms with van der Waals surface area (Å²) >= 11 is 0. The maximum absolute atomic E-state index is 11.6. The second kappa shape index (κ2) is 4.50. The predicted molar refractivity (Wildman–Crippen MR) is 50.0 cm³/mol. The summed E-state index contributed by atoms with van der Waals surface area (Å²) in [5.41, 5.74) is 0. The number of hydrogen-bond acceptors (Lipinski definition) is 5. The van der Waals surface area contributed by atoms with Crippen molar-refractivity contribution in [3.63, 3.8) is 0 Å². The van der Waals surface area contributed by atoms with E-state index in [1.807, 2.05) is 0 Å². The van der Waals surface area contributed by atoms with Gasteiger partial charge < -0.3 is 9.47 Å². The predicted octanol–water partition coefficient (Wildman–Crippen LogP) is -0.310. The first-order chi connectivity index (χ1) is 7.25. The Morgan fingerprint density at radius 2 is 2.33 bits per heavy atom. The Bertz CT molecular complexity index is 344. The van der Waals surface area contributed by atoms with Crippen LogP contribution in [0.25, 0.3) is 0 Å². The standard InChI is InChI=1S/C9H13N3O3/c1-12-8(10-6-11-12)4-7(13)5-9-14-2-3-15-9/h6,9H,2-5H2,1H3. The van der Waals surface area contributed by atoms with Crippen molar-refractivity contribution >= 4 is 5.78 Å². The molecule has 0 bridgehead atoms. The molecule has 15 heavy (non-hydrogen) atoms. The van der Waals surface area contributed by atoms with E-state index in [9.17, 15) is 4.79 Å². The van der Waals surface area contributed by atoms with E-state index in [0.717, 1.165) is 0 Å². The highest BCUT2D eigenvalue weighted by atomic mass is 16.7. The number of ketones is 1. The summed E-state index contributed by atoms with van der Waals surface area (Å²) in [6.07, 6.45) is 1.63. The van der Waals surface area contributed by atoms with Gasteiger partial charge in [0.05, 0.1) is 26.1 Å². The number of aromatic nitrogens is 3. The Balaban J connectivity index is 1.84. The second-order valence-corrected chi connectivity index (χ2v) is 3.39. The average Bonchev–Trinajstić information content (AvgIpc) is 2.79. The number of carbonyl (C=O) groups is 1. The Labute approximate surface area is 87.2 Å². The molecule has 1 aromatic rings. The molecule has 1 aliphatic rings. The molecule has 2 heterocycles. The fourth-order valence-electron chi connectivity index (χ4n) is 1.44. The highest BCUT2D eigenvalue weighted by Crippen LogP contribution is 2.09. The summed E-state index contributed by atoms with van der Waals surface area (Å²) in [5, 5.41) is 3.89. The lowest BCUT2D eigenvalue weighted by molar-refractivity contribution is -0.126. The minimum absolute atomic E-state index is 0.0537. The quantitative estimate of drug-likeness (QED) is 0.683. The lowest BCUT2D eigenvalue weighted by Crippen LogP contribution is -2.17. The monoisotopic (exact) mass is 211 g/mol. The normalized spacial score (nSPS) is 17.1. The first kappa shape index (κ1) is 10.3. The zero-order valence-electron chi connectivity index (χ0n) is 8.55. The summed E-state index contributed by atoms with van der Waals surface area (Å²) in [6, 6.07) is 0. The minimum atomic E-state index is -0.370. The average molecular weight is 211 g/mol. The van der Waals surface area contributed by atoms with Crippen LogP contribution < -0.4 is 0 Å². The van der Waals surface area contributed by atoms with E-state index in [4.69, 9.17) is 9.47 Å². The number of rotatable bonds is 4. The van der Waals surface area contributed by atoms with Gasteiger partial charge in [-0.3, -0.25) is 9.48 Å². The molecule has 0 aromatic carbocycles. The molecule has 0 atom stereocenters. The van der Waals surface area contributed by atoms with E-state index < -0.39 is 0 Å². The number of hydrogen-bond donors (Lipinski definition) is 0. The van der Waals surface area contributed by atoms with Crippen LogP contribution in [0.3, 0.4) is 0 Å². The van der Waals surface area contributed by atoms with Crippen LogP contribution in [0.15, 0.2) is 6.33 Å². The molecule has 1 fully saturated rings. The van der Waals surface area contributed by atoms with Crippen molar-refractivity contribution in [2.24, 2.45) is 7.05 Å². The zero-order chi connectivity index (χ0) is 10.7. The van der Waals surface area contributed by atoms with E-state index in [-0.39, 0.29) is 24.9 Å². The number of ether oxygens (including phenoxy) is 2. The molecule has 6 nitrogen and oxygen atoms in total. The van der Waals surface area contributed by atoms with Crippen LogP contribution in [0.4, 0.5) is 0 Å². The van der Waals surface area contributed by atoms with Gasteiger partial charge in [-0.1, -0.05) is 0 Å². The summed E-state index contributed by atoms with van der Waals surface area (Å²) in [6.45, 7) is 1.14. The summed E-state index contributed by atoms with van der Waals surface area (Å²) in [5.74, 6) is 0.719. The maximum Gasteiger partial charge on any atom is 0.164 e. The maximum atomic E-state index is 11.6. The third kappa shape index (κ3) is 2.60. The van der Waals surface area contributed by atoms with Crippen molar-refractivity contribution in [2.45, 2.75) is 19.1 Å². The van der Waals surface area contributed by atoms with Gasteiger partial charge >= 0.3 is 0 Å². The van der Waals surface area contributed by atoms with Crippen LogP contribution in [0.1, 0.15) is 12.2 Å². The van der Waals surface area contributed by atoms with Gasteiger partial charge in [-0.25, -0.2) is 4.98 Å². The molecular formula is C9H13N3O3. The van der Waals surface area contributed by atoms with Gasteiger partial charge in [0.15, 0.2) is 6.29 Å². The van der Waals surface area contributed by atoms with Crippen LogP contribution in [0, 0.1) is 0 Å². The van der Waals surface area contributed by atoms with Crippen LogP contribution in [-0.4, -0.2) is 40.1 Å². The lowest BCUT2D eigenvalue weighted by atomic mass is 10.2. The van der Waals surface area contributed by atoms with Gasteiger partial charge in [-0.15, -0.1) is 0 Å². The Kier molecular flexibility index (Phi) is 3.08. The number of carbonyl (C=O) groups excluding carboxylic acids is 1. The molecule has 1 saturated heterocycles. The van der Waals surface area contributed by atoms with E-state index in [0.29, 0.717) is 19.0 Å². The van der Waals surface area contributed by atoms with Crippen molar-refractivity contribution in [3.8, 4) is 0 Å². The third-order valence-corrected chi connectivity index (χ3v) is 2.25. The lowest BCUT2D eigenvalue weighted by Gasteiger charge is -2.07. The van der Waals surface area contributed by atoms with Gasteiger partial charge in [-0.05, 0) is 0 Å². The van der Waals surface area contributed by atoms with Gasteiger partial charge in [0, 0.05) is 7.05 Å². The van der Waals surface area contributed by atoms with Crippen molar-refractivity contribution in [1.29, 1.82) is 0 Å². The molecule has 1 aromatic heterocycles. The van der Waals surface area contributed by atoms with Crippen molar-refractivity contribution in [2.75, 3.05) is 13.2 Å². The topological polar surface area (TPSA) is 66.2 Å². The smallest absolute Gasteiger partial charge is 0.164 e. The number of nitrogens with zero attached hydrogens (tertiary/aromatic N) is 3. The van der Waals surface area contributed by atoms with Gasteiger partial charge in [-0.2, -0.15) is 5.10 Å². The summed E-state index contributed by atoms with van der Waals surface area (Å²) < 4.78 is 12.0. The van der Waals surface area contributed by atoms with Gasteiger partial charge in [0.1, 0.15) is 17.9 Å². The van der Waals surface area contributed by atoms with Crippen molar-refractivity contribution in [1.82, 2.24) is 14.8 Å². The molecular weight excluding hydrogens is 198 g/mol. The summed E-state index contributed by atoms with van der Waals surface area (Å²) in [4.78, 5) is 15.6. The Morgan fingerprint density at radius 3 is 2.93 bits per heavy atom. The van der Waals surface area contributed by atoms with E-state index in [1.165, 1.54) is 6.33 Å². The molecule has 0 N–H and O–H groups in total. The van der Waals surface area contributed by atoms with E-state index >= 15 is 0 Å². The molecule has 0 spiro atoms. The highest BCUT2D eigenvalue weighted by Gasteiger charge is 2.20. The molecule has 1 aliphatic heterocycles. The first-order valence-corrected chi connectivity index (χ1v) is 4.83. The Morgan fingerprint density at radius 1 is 1.60 bits per heavy atom. The SMILES string of the molecule is Cn1ncnc1CC(=O)CC1OCCO1. The zero-order valence-corrected chi connectivity index (χ0v) is 8.55. The Hall–Kier alpha value is -1.27. The molecule has 2 rings (SSSR count). The van der Waals surface area contributed by atoms with Crippen molar-refractivity contribution < 1.29 is 14.3 Å². The molecule has 0 aliphatic carbocycles. The molecule has 82 valence electrons. The number of Topliss-reactive ketones (excluding diaryl/α,β-unsaturated/α-hetero) is 1. The van der Waals surface area contributed by atoms with Crippen LogP contribution in [-0.2, 0) is 27.7 Å². The number of aryl methyl sites for hydroxylation is 1. The van der Waals surface area contributed by atoms with Crippen molar-refractivity contribution in [3.05, 3.63) is 12.2 Å². The van der Waals surface area contributed by atoms with Crippen LogP contribution >= 0.6 is 0 Å². The summed E-state index contributed by atoms with van der Waals surface area (Å²) in [7, 11) is 1.76. The van der Waals surface area contributed by atoms with Crippen LogP contribution in [0.2, 0.25) is 0 Å². The van der Waals surface area contributed by atoms with E-state index in [1.54, 1.807) is 11.7 Å². The molecule has 0 radical (unpaired) electrons. The third-order valence-electron chi connectivity index (χ3n) is 2.25. The fourth-order valence-corrected chi connectivity index (χ4v) is 1.44. The largest absolute Gasteiger partial charge is 0.350 e. The molecule has 6 heteroatoms.